The Morgan fingerprint density at radius 2 is 1.56 bits per heavy atom. The first-order valence-electron chi connectivity index (χ1n) is 8.94. The van der Waals surface area contributed by atoms with Crippen LogP contribution in [0, 0.1) is 0 Å². The predicted octanol–water partition coefficient (Wildman–Crippen LogP) is 2.60. The van der Waals surface area contributed by atoms with E-state index in [0.29, 0.717) is 19.1 Å². The van der Waals surface area contributed by atoms with Crippen molar-refractivity contribution in [2.75, 3.05) is 44.3 Å². The topological polar surface area (TPSA) is 50.7 Å². The third-order valence-corrected chi connectivity index (χ3v) is 4.26. The molecule has 0 aliphatic carbocycles. The van der Waals surface area contributed by atoms with Gasteiger partial charge in [0.2, 0.25) is 5.88 Å². The van der Waals surface area contributed by atoms with E-state index in [1.165, 1.54) is 5.56 Å². The molecule has 1 aliphatic heterocycles. The van der Waals surface area contributed by atoms with Gasteiger partial charge in [-0.05, 0) is 37.6 Å². The van der Waals surface area contributed by atoms with E-state index in [1.54, 1.807) is 0 Å². The monoisotopic (exact) mass is 342 g/mol. The lowest BCUT2D eigenvalue weighted by atomic mass is 10.2. The molecule has 2 aromatic rings. The molecule has 134 valence electrons. The molecule has 1 aromatic heterocycles. The molecule has 1 fully saturated rings. The molecular formula is C19H26N4O2. The van der Waals surface area contributed by atoms with Gasteiger partial charge >= 0.3 is 0 Å². The van der Waals surface area contributed by atoms with Crippen LogP contribution >= 0.6 is 0 Å². The summed E-state index contributed by atoms with van der Waals surface area (Å²) in [5.74, 6) is 2.44. The summed E-state index contributed by atoms with van der Waals surface area (Å²) in [4.78, 5) is 4.74. The lowest BCUT2D eigenvalue weighted by Gasteiger charge is -2.35. The quantitative estimate of drug-likeness (QED) is 0.771. The van der Waals surface area contributed by atoms with Gasteiger partial charge in [0.25, 0.3) is 0 Å². The summed E-state index contributed by atoms with van der Waals surface area (Å²) < 4.78 is 10.8. The van der Waals surface area contributed by atoms with Gasteiger partial charge < -0.3 is 14.4 Å². The van der Waals surface area contributed by atoms with Gasteiger partial charge in [-0.2, -0.15) is 0 Å². The molecule has 3 rings (SSSR count). The maximum atomic E-state index is 5.50. The summed E-state index contributed by atoms with van der Waals surface area (Å²) in [6.45, 7) is 10.2. The van der Waals surface area contributed by atoms with E-state index in [4.69, 9.17) is 9.47 Å². The highest BCUT2D eigenvalue weighted by Gasteiger charge is 2.18. The Kier molecular flexibility index (Phi) is 6.06. The van der Waals surface area contributed by atoms with Crippen molar-refractivity contribution in [3.63, 3.8) is 0 Å². The first kappa shape index (κ1) is 17.5. The smallest absolute Gasteiger partial charge is 0.233 e. The minimum atomic E-state index is 0.584. The molecule has 1 aromatic carbocycles. The van der Waals surface area contributed by atoms with Crippen LogP contribution in [-0.4, -0.2) is 54.5 Å². The minimum absolute atomic E-state index is 0.584. The number of hydrogen-bond donors (Lipinski definition) is 0. The predicted molar refractivity (Wildman–Crippen MR) is 98.3 cm³/mol. The Labute approximate surface area is 149 Å². The van der Waals surface area contributed by atoms with Crippen molar-refractivity contribution < 1.29 is 9.47 Å². The summed E-state index contributed by atoms with van der Waals surface area (Å²) >= 11 is 0. The van der Waals surface area contributed by atoms with Crippen LogP contribution in [0.15, 0.2) is 36.4 Å². The second-order valence-electron chi connectivity index (χ2n) is 6.00. The maximum Gasteiger partial charge on any atom is 0.233 e. The second-order valence-corrected chi connectivity index (χ2v) is 6.00. The van der Waals surface area contributed by atoms with Crippen LogP contribution < -0.4 is 14.4 Å². The van der Waals surface area contributed by atoms with Gasteiger partial charge in [0.1, 0.15) is 5.75 Å². The molecule has 6 nitrogen and oxygen atoms in total. The molecule has 1 aliphatic rings. The van der Waals surface area contributed by atoms with Crippen LogP contribution in [0.4, 0.5) is 5.82 Å². The van der Waals surface area contributed by atoms with Crippen LogP contribution in [0.5, 0.6) is 11.6 Å². The number of aromatic nitrogens is 2. The molecule has 0 saturated carbocycles. The summed E-state index contributed by atoms with van der Waals surface area (Å²) in [6.07, 6.45) is 0. The van der Waals surface area contributed by atoms with Gasteiger partial charge in [0.15, 0.2) is 5.82 Å². The van der Waals surface area contributed by atoms with E-state index in [1.807, 2.05) is 38.1 Å². The third kappa shape index (κ3) is 4.82. The SMILES string of the molecule is CCOc1ccc(CN2CCN(c3ccc(OCC)nn3)CC2)cc1. The fourth-order valence-electron chi connectivity index (χ4n) is 2.96. The summed E-state index contributed by atoms with van der Waals surface area (Å²) in [5, 5.41) is 8.39. The van der Waals surface area contributed by atoms with E-state index in [-0.39, 0.29) is 0 Å². The lowest BCUT2D eigenvalue weighted by molar-refractivity contribution is 0.249. The zero-order chi connectivity index (χ0) is 17.5. The van der Waals surface area contributed by atoms with Crippen molar-refractivity contribution in [3.8, 4) is 11.6 Å². The van der Waals surface area contributed by atoms with E-state index in [9.17, 15) is 0 Å². The largest absolute Gasteiger partial charge is 0.494 e. The van der Waals surface area contributed by atoms with Gasteiger partial charge in [-0.15, -0.1) is 10.2 Å². The number of ether oxygens (including phenoxy) is 2. The third-order valence-electron chi connectivity index (χ3n) is 4.26. The Balaban J connectivity index is 1.49. The first-order chi connectivity index (χ1) is 12.3. The van der Waals surface area contributed by atoms with Crippen molar-refractivity contribution >= 4 is 5.82 Å². The summed E-state index contributed by atoms with van der Waals surface area (Å²) in [6, 6.07) is 12.3. The maximum absolute atomic E-state index is 5.50. The van der Waals surface area contributed by atoms with Gasteiger partial charge in [0, 0.05) is 38.8 Å². The van der Waals surface area contributed by atoms with Crippen molar-refractivity contribution in [2.24, 2.45) is 0 Å². The minimum Gasteiger partial charge on any atom is -0.494 e. The number of anilines is 1. The fraction of sp³-hybridized carbons (Fsp3) is 0.474. The second kappa shape index (κ2) is 8.67. The molecule has 0 bridgehead atoms. The molecule has 0 spiro atoms. The van der Waals surface area contributed by atoms with Gasteiger partial charge in [0.05, 0.1) is 13.2 Å². The van der Waals surface area contributed by atoms with Crippen molar-refractivity contribution in [1.82, 2.24) is 15.1 Å². The van der Waals surface area contributed by atoms with E-state index < -0.39 is 0 Å². The molecule has 0 unspecified atom stereocenters. The average Bonchev–Trinajstić information content (AvgIpc) is 2.65. The Morgan fingerprint density at radius 3 is 2.16 bits per heavy atom. The summed E-state index contributed by atoms with van der Waals surface area (Å²) in [5.41, 5.74) is 1.32. The zero-order valence-corrected chi connectivity index (χ0v) is 15.0. The van der Waals surface area contributed by atoms with Gasteiger partial charge in [-0.1, -0.05) is 12.1 Å². The highest BCUT2D eigenvalue weighted by Crippen LogP contribution is 2.18. The molecule has 25 heavy (non-hydrogen) atoms. The highest BCUT2D eigenvalue weighted by atomic mass is 16.5. The first-order valence-corrected chi connectivity index (χ1v) is 8.94. The van der Waals surface area contributed by atoms with Crippen molar-refractivity contribution in [2.45, 2.75) is 20.4 Å². The Bertz CT molecular complexity index is 637. The van der Waals surface area contributed by atoms with Gasteiger partial charge in [-0.3, -0.25) is 4.90 Å². The van der Waals surface area contributed by atoms with E-state index in [0.717, 1.165) is 44.3 Å². The number of benzene rings is 1. The zero-order valence-electron chi connectivity index (χ0n) is 15.0. The number of hydrogen-bond acceptors (Lipinski definition) is 6. The van der Waals surface area contributed by atoms with Crippen molar-refractivity contribution in [3.05, 3.63) is 42.0 Å². The summed E-state index contributed by atoms with van der Waals surface area (Å²) in [7, 11) is 0. The van der Waals surface area contributed by atoms with Gasteiger partial charge in [-0.25, -0.2) is 0 Å². The molecule has 2 heterocycles. The molecule has 0 atom stereocenters. The van der Waals surface area contributed by atoms with E-state index >= 15 is 0 Å². The number of nitrogens with zero attached hydrogens (tertiary/aromatic N) is 4. The highest BCUT2D eigenvalue weighted by molar-refractivity contribution is 5.39. The number of piperazine rings is 1. The normalized spacial score (nSPS) is 15.2. The molecule has 6 heteroatoms. The van der Waals surface area contributed by atoms with Crippen LogP contribution in [0.1, 0.15) is 19.4 Å². The number of rotatable bonds is 7. The molecular weight excluding hydrogens is 316 g/mol. The molecule has 0 amide bonds. The van der Waals surface area contributed by atoms with Crippen LogP contribution in [0.2, 0.25) is 0 Å². The molecule has 0 radical (unpaired) electrons. The standard InChI is InChI=1S/C19H26N4O2/c1-3-24-17-7-5-16(6-8-17)15-22-11-13-23(14-12-22)18-9-10-19(21-20-18)25-4-2/h5-10H,3-4,11-15H2,1-2H3. The Morgan fingerprint density at radius 1 is 0.840 bits per heavy atom. The average molecular weight is 342 g/mol. The van der Waals surface area contributed by atoms with Crippen molar-refractivity contribution in [1.29, 1.82) is 0 Å². The molecule has 1 saturated heterocycles. The van der Waals surface area contributed by atoms with Crippen LogP contribution in [-0.2, 0) is 6.54 Å². The van der Waals surface area contributed by atoms with E-state index in [2.05, 4.69) is 32.1 Å². The van der Waals surface area contributed by atoms with Crippen LogP contribution in [0.25, 0.3) is 0 Å². The molecule has 0 N–H and O–H groups in total. The van der Waals surface area contributed by atoms with Crippen LogP contribution in [0.3, 0.4) is 0 Å². The lowest BCUT2D eigenvalue weighted by Crippen LogP contribution is -2.46. The fourth-order valence-corrected chi connectivity index (χ4v) is 2.96. The Hall–Kier alpha value is -2.34.